The Bertz CT molecular complexity index is 626. The maximum absolute atomic E-state index is 12.6. The Morgan fingerprint density at radius 2 is 1.96 bits per heavy atom. The molecule has 1 aliphatic rings. The second kappa shape index (κ2) is 7.73. The van der Waals surface area contributed by atoms with Crippen LogP contribution < -0.4 is 10.1 Å². The van der Waals surface area contributed by atoms with E-state index in [9.17, 15) is 27.9 Å². The van der Waals surface area contributed by atoms with E-state index < -0.39 is 35.6 Å². The van der Waals surface area contributed by atoms with Gasteiger partial charge in [-0.1, -0.05) is 6.07 Å². The maximum Gasteiger partial charge on any atom is 0.416 e. The molecule has 2 rings (SSSR count). The summed E-state index contributed by atoms with van der Waals surface area (Å²) >= 11 is 0. The van der Waals surface area contributed by atoms with Crippen molar-refractivity contribution < 1.29 is 37.3 Å². The predicted octanol–water partition coefficient (Wildman–Crippen LogP) is 2.08. The molecule has 138 valence electrons. The highest BCUT2D eigenvalue weighted by molar-refractivity contribution is 5.80. The first-order valence-corrected chi connectivity index (χ1v) is 7.61. The summed E-state index contributed by atoms with van der Waals surface area (Å²) in [6.07, 6.45) is -3.95. The molecule has 0 bridgehead atoms. The van der Waals surface area contributed by atoms with E-state index in [-0.39, 0.29) is 25.1 Å². The molecule has 1 aromatic rings. The van der Waals surface area contributed by atoms with Crippen LogP contribution in [0.25, 0.3) is 0 Å². The Morgan fingerprint density at radius 1 is 1.28 bits per heavy atom. The van der Waals surface area contributed by atoms with Crippen LogP contribution in [-0.4, -0.2) is 43.3 Å². The zero-order chi connectivity index (χ0) is 18.5. The number of aliphatic carboxylic acids is 1. The summed E-state index contributed by atoms with van der Waals surface area (Å²) in [4.78, 5) is 23.3. The zero-order valence-electron chi connectivity index (χ0n) is 13.3. The van der Waals surface area contributed by atoms with Crippen molar-refractivity contribution in [1.29, 1.82) is 0 Å². The quantitative estimate of drug-likeness (QED) is 0.810. The number of rotatable bonds is 6. The third-order valence-corrected chi connectivity index (χ3v) is 4.06. The maximum atomic E-state index is 12.6. The van der Waals surface area contributed by atoms with E-state index in [1.54, 1.807) is 0 Å². The van der Waals surface area contributed by atoms with E-state index in [0.29, 0.717) is 13.2 Å². The second-order valence-corrected chi connectivity index (χ2v) is 5.79. The smallest absolute Gasteiger partial charge is 0.416 e. The lowest BCUT2D eigenvalue weighted by Gasteiger charge is -2.33. The molecular formula is C16H18F3NO5. The van der Waals surface area contributed by atoms with Crippen LogP contribution in [0.1, 0.15) is 18.4 Å². The van der Waals surface area contributed by atoms with E-state index in [2.05, 4.69) is 5.32 Å². The number of carbonyl (C=O) groups is 2. The molecule has 1 amide bonds. The van der Waals surface area contributed by atoms with Gasteiger partial charge >= 0.3 is 12.1 Å². The standard InChI is InChI=1S/C16H18F3NO5/c17-16(18,19)11-2-1-3-12(8-11)25-9-13(21)20-10-15(14(22)23)4-6-24-7-5-15/h1-3,8H,4-7,9-10H2,(H,20,21)(H,22,23). The summed E-state index contributed by atoms with van der Waals surface area (Å²) in [5, 5.41) is 11.8. The van der Waals surface area contributed by atoms with Crippen LogP contribution in [0.15, 0.2) is 24.3 Å². The predicted molar refractivity (Wildman–Crippen MR) is 80.1 cm³/mol. The van der Waals surface area contributed by atoms with Crippen molar-refractivity contribution in [2.24, 2.45) is 5.41 Å². The van der Waals surface area contributed by atoms with Crippen LogP contribution in [0.2, 0.25) is 0 Å². The Kier molecular flexibility index (Phi) is 5.89. The van der Waals surface area contributed by atoms with Gasteiger partial charge in [0.1, 0.15) is 5.75 Å². The lowest BCUT2D eigenvalue weighted by molar-refractivity contribution is -0.154. The van der Waals surface area contributed by atoms with Crippen molar-refractivity contribution in [3.63, 3.8) is 0 Å². The average molecular weight is 361 g/mol. The van der Waals surface area contributed by atoms with Gasteiger partial charge in [-0.15, -0.1) is 0 Å². The molecule has 0 radical (unpaired) electrons. The molecule has 0 saturated carbocycles. The summed E-state index contributed by atoms with van der Waals surface area (Å²) in [5.74, 6) is -1.72. The van der Waals surface area contributed by atoms with E-state index >= 15 is 0 Å². The molecule has 1 saturated heterocycles. The van der Waals surface area contributed by atoms with Gasteiger partial charge in [-0.25, -0.2) is 0 Å². The van der Waals surface area contributed by atoms with Gasteiger partial charge in [0, 0.05) is 19.8 Å². The molecular weight excluding hydrogens is 343 g/mol. The fraction of sp³-hybridized carbons (Fsp3) is 0.500. The van der Waals surface area contributed by atoms with Crippen molar-refractivity contribution in [3.05, 3.63) is 29.8 Å². The highest BCUT2D eigenvalue weighted by Crippen LogP contribution is 2.31. The van der Waals surface area contributed by atoms with Gasteiger partial charge in [0.25, 0.3) is 5.91 Å². The van der Waals surface area contributed by atoms with Crippen molar-refractivity contribution >= 4 is 11.9 Å². The van der Waals surface area contributed by atoms with Gasteiger partial charge in [0.15, 0.2) is 6.61 Å². The third kappa shape index (κ3) is 5.09. The monoisotopic (exact) mass is 361 g/mol. The van der Waals surface area contributed by atoms with Crippen molar-refractivity contribution in [2.75, 3.05) is 26.4 Å². The minimum absolute atomic E-state index is 0.0868. The SMILES string of the molecule is O=C(COc1cccc(C(F)(F)F)c1)NCC1(C(=O)O)CCOCC1. The van der Waals surface area contributed by atoms with Crippen LogP contribution in [-0.2, 0) is 20.5 Å². The number of alkyl halides is 3. The van der Waals surface area contributed by atoms with Gasteiger partial charge in [-0.3, -0.25) is 9.59 Å². The molecule has 6 nitrogen and oxygen atoms in total. The Morgan fingerprint density at radius 3 is 2.56 bits per heavy atom. The molecule has 25 heavy (non-hydrogen) atoms. The first-order chi connectivity index (χ1) is 11.7. The van der Waals surface area contributed by atoms with Gasteiger partial charge in [0.05, 0.1) is 11.0 Å². The lowest BCUT2D eigenvalue weighted by Crippen LogP contribution is -2.47. The fourth-order valence-corrected chi connectivity index (χ4v) is 2.46. The van der Waals surface area contributed by atoms with Crippen LogP contribution in [0, 0.1) is 5.41 Å². The van der Waals surface area contributed by atoms with Crippen LogP contribution >= 0.6 is 0 Å². The Hall–Kier alpha value is -2.29. The van der Waals surface area contributed by atoms with E-state index in [0.717, 1.165) is 12.1 Å². The number of nitrogens with one attached hydrogen (secondary N) is 1. The minimum Gasteiger partial charge on any atom is -0.484 e. The molecule has 0 atom stereocenters. The van der Waals surface area contributed by atoms with Crippen LogP contribution in [0.5, 0.6) is 5.75 Å². The van der Waals surface area contributed by atoms with Gasteiger partial charge in [0.2, 0.25) is 0 Å². The Labute approximate surface area is 141 Å². The highest BCUT2D eigenvalue weighted by atomic mass is 19.4. The number of ether oxygens (including phenoxy) is 2. The van der Waals surface area contributed by atoms with Gasteiger partial charge < -0.3 is 19.9 Å². The molecule has 9 heteroatoms. The second-order valence-electron chi connectivity index (χ2n) is 5.79. The molecule has 1 aliphatic heterocycles. The number of halogens is 3. The lowest BCUT2D eigenvalue weighted by atomic mass is 9.80. The van der Waals surface area contributed by atoms with Gasteiger partial charge in [-0.05, 0) is 31.0 Å². The first-order valence-electron chi connectivity index (χ1n) is 7.61. The summed E-state index contributed by atoms with van der Waals surface area (Å²) in [6, 6.07) is 4.18. The first kappa shape index (κ1) is 19.0. The molecule has 2 N–H and O–H groups in total. The number of carboxylic acids is 1. The molecule has 0 aliphatic carbocycles. The molecule has 1 aromatic carbocycles. The number of hydrogen-bond acceptors (Lipinski definition) is 4. The Balaban J connectivity index is 1.87. The van der Waals surface area contributed by atoms with E-state index in [1.807, 2.05) is 0 Å². The van der Waals surface area contributed by atoms with Crippen molar-refractivity contribution in [1.82, 2.24) is 5.32 Å². The van der Waals surface area contributed by atoms with Crippen molar-refractivity contribution in [3.8, 4) is 5.75 Å². The van der Waals surface area contributed by atoms with Crippen molar-refractivity contribution in [2.45, 2.75) is 19.0 Å². The summed E-state index contributed by atoms with van der Waals surface area (Å²) in [6.45, 7) is -0.00417. The number of carboxylic acid groups (broad SMARTS) is 1. The number of carbonyl (C=O) groups excluding carboxylic acids is 1. The number of benzene rings is 1. The zero-order valence-corrected chi connectivity index (χ0v) is 13.3. The molecule has 1 fully saturated rings. The minimum atomic E-state index is -4.50. The highest BCUT2D eigenvalue weighted by Gasteiger charge is 2.40. The van der Waals surface area contributed by atoms with Crippen LogP contribution in [0.4, 0.5) is 13.2 Å². The third-order valence-electron chi connectivity index (χ3n) is 4.06. The topological polar surface area (TPSA) is 84.9 Å². The summed E-state index contributed by atoms with van der Waals surface area (Å²) in [7, 11) is 0. The van der Waals surface area contributed by atoms with E-state index in [4.69, 9.17) is 9.47 Å². The average Bonchev–Trinajstić information content (AvgIpc) is 2.58. The summed E-state index contributed by atoms with van der Waals surface area (Å²) < 4.78 is 48.0. The molecule has 0 unspecified atom stereocenters. The van der Waals surface area contributed by atoms with Crippen LogP contribution in [0.3, 0.4) is 0 Å². The molecule has 0 spiro atoms. The number of hydrogen-bond donors (Lipinski definition) is 2. The molecule has 0 aromatic heterocycles. The summed E-state index contributed by atoms with van der Waals surface area (Å²) in [5.41, 5.74) is -1.97. The molecule has 1 heterocycles. The number of amides is 1. The largest absolute Gasteiger partial charge is 0.484 e. The fourth-order valence-electron chi connectivity index (χ4n) is 2.46. The van der Waals surface area contributed by atoms with Gasteiger partial charge in [-0.2, -0.15) is 13.2 Å². The van der Waals surface area contributed by atoms with E-state index in [1.165, 1.54) is 12.1 Å². The normalized spacial score (nSPS) is 16.9.